The molecule has 3 atom stereocenters. The Kier molecular flexibility index (Phi) is 9.43. The van der Waals surface area contributed by atoms with Crippen LogP contribution in [0.1, 0.15) is 68.1 Å². The predicted molar refractivity (Wildman–Crippen MR) is 132 cm³/mol. The zero-order chi connectivity index (χ0) is 27.1. The van der Waals surface area contributed by atoms with Crippen LogP contribution in [0.15, 0.2) is 30.5 Å². The number of carbonyl (C=O) groups is 3. The molecule has 0 saturated carbocycles. The van der Waals surface area contributed by atoms with Gasteiger partial charge in [-0.15, -0.1) is 0 Å². The zero-order valence-electron chi connectivity index (χ0n) is 21.7. The minimum atomic E-state index is -0.990. The van der Waals surface area contributed by atoms with E-state index in [2.05, 4.69) is 10.3 Å². The average Bonchev–Trinajstić information content (AvgIpc) is 3.01. The average molecular weight is 517 g/mol. The van der Waals surface area contributed by atoms with Gasteiger partial charge in [0, 0.05) is 18.2 Å². The highest BCUT2D eigenvalue weighted by molar-refractivity contribution is 5.98. The van der Waals surface area contributed by atoms with Crippen LogP contribution in [0.4, 0.5) is 4.39 Å². The quantitative estimate of drug-likeness (QED) is 0.303. The van der Waals surface area contributed by atoms with E-state index in [1.807, 2.05) is 6.92 Å². The number of halogens is 1. The second-order valence-electron chi connectivity index (χ2n) is 9.27. The lowest BCUT2D eigenvalue weighted by molar-refractivity contribution is -0.154. The Morgan fingerprint density at radius 2 is 1.92 bits per heavy atom. The van der Waals surface area contributed by atoms with E-state index >= 15 is 0 Å². The summed E-state index contributed by atoms with van der Waals surface area (Å²) in [6.45, 7) is 6.37. The van der Waals surface area contributed by atoms with Crippen LogP contribution >= 0.6 is 0 Å². The molecule has 200 valence electrons. The van der Waals surface area contributed by atoms with Gasteiger partial charge in [0.25, 0.3) is 5.91 Å². The lowest BCUT2D eigenvalue weighted by atomic mass is 9.92. The molecule has 3 rings (SSSR count). The monoisotopic (exact) mass is 516 g/mol. The van der Waals surface area contributed by atoms with Gasteiger partial charge in [0.2, 0.25) is 6.79 Å². The number of aromatic nitrogens is 1. The maximum Gasteiger partial charge on any atom is 0.328 e. The molecule has 1 N–H and O–H groups in total. The third-order valence-electron chi connectivity index (χ3n) is 6.24. The van der Waals surface area contributed by atoms with E-state index in [9.17, 15) is 18.8 Å². The van der Waals surface area contributed by atoms with Gasteiger partial charge in [0.15, 0.2) is 17.2 Å². The lowest BCUT2D eigenvalue weighted by Gasteiger charge is -2.25. The maximum absolute atomic E-state index is 13.7. The molecule has 2 aromatic rings. The molecule has 2 unspecified atom stereocenters. The number of methoxy groups -OCH3 is 1. The molecule has 1 aromatic carbocycles. The molecule has 10 heteroatoms. The highest BCUT2D eigenvalue weighted by Gasteiger charge is 2.30. The van der Waals surface area contributed by atoms with Crippen LogP contribution in [0.2, 0.25) is 0 Å². The van der Waals surface area contributed by atoms with Crippen LogP contribution in [-0.4, -0.2) is 48.9 Å². The van der Waals surface area contributed by atoms with Crippen molar-refractivity contribution in [2.24, 2.45) is 5.92 Å². The van der Waals surface area contributed by atoms with Crippen molar-refractivity contribution in [3.8, 4) is 11.5 Å². The van der Waals surface area contributed by atoms with Crippen molar-refractivity contribution in [1.29, 1.82) is 0 Å². The van der Waals surface area contributed by atoms with Crippen molar-refractivity contribution >= 4 is 17.8 Å². The van der Waals surface area contributed by atoms with E-state index in [4.69, 9.17) is 18.9 Å². The summed E-state index contributed by atoms with van der Waals surface area (Å²) >= 11 is 0. The molecule has 0 aliphatic heterocycles. The summed E-state index contributed by atoms with van der Waals surface area (Å²) < 4.78 is 35.2. The first-order valence-electron chi connectivity index (χ1n) is 12.2. The highest BCUT2D eigenvalue weighted by atomic mass is 19.1. The highest BCUT2D eigenvalue weighted by Crippen LogP contribution is 2.33. The zero-order valence-corrected chi connectivity index (χ0v) is 21.7. The Morgan fingerprint density at radius 1 is 1.16 bits per heavy atom. The van der Waals surface area contributed by atoms with Crippen LogP contribution in [0, 0.1) is 11.7 Å². The molecule has 9 nitrogen and oxygen atoms in total. The molecule has 1 aromatic heterocycles. The van der Waals surface area contributed by atoms with Gasteiger partial charge in [-0.2, -0.15) is 0 Å². The van der Waals surface area contributed by atoms with Gasteiger partial charge in [-0.1, -0.05) is 26.8 Å². The van der Waals surface area contributed by atoms with E-state index in [1.165, 1.54) is 38.4 Å². The molecule has 0 radical (unpaired) electrons. The molecule has 1 aliphatic rings. The summed E-state index contributed by atoms with van der Waals surface area (Å²) in [5.41, 5.74) is 1.73. The number of carbonyl (C=O) groups excluding carboxylic acids is 3. The largest absolute Gasteiger partial charge is 0.493 e. The summed E-state index contributed by atoms with van der Waals surface area (Å²) in [5.74, 6) is -2.34. The standard InChI is InChI=1S/C27H33FN2O7/c1-15(2)26(32)36-14-35-24-22(34-5)11-12-29-23(24)25(31)30-17(4)27(33)37-21-8-6-7-18-13-19(28)9-10-20(18)16(21)3/h9-13,15-17,21H,6-8,14H2,1-5H3,(H,30,31)/t16?,17-,21?/m0/s1. The van der Waals surface area contributed by atoms with Gasteiger partial charge in [-0.3, -0.25) is 9.59 Å². The van der Waals surface area contributed by atoms with Crippen molar-refractivity contribution in [1.82, 2.24) is 10.3 Å². The summed E-state index contributed by atoms with van der Waals surface area (Å²) in [4.78, 5) is 41.7. The maximum atomic E-state index is 13.7. The minimum Gasteiger partial charge on any atom is -0.493 e. The number of aryl methyl sites for hydroxylation is 1. The number of pyridine rings is 1. The topological polar surface area (TPSA) is 113 Å². The van der Waals surface area contributed by atoms with Crippen LogP contribution in [0.3, 0.4) is 0 Å². The number of esters is 2. The summed E-state index contributed by atoms with van der Waals surface area (Å²) in [5, 5.41) is 2.58. The molecule has 0 spiro atoms. The van der Waals surface area contributed by atoms with Gasteiger partial charge < -0.3 is 24.3 Å². The number of rotatable bonds is 9. The van der Waals surface area contributed by atoms with Crippen molar-refractivity contribution in [2.45, 2.75) is 65.0 Å². The van der Waals surface area contributed by atoms with Crippen molar-refractivity contribution in [2.75, 3.05) is 13.9 Å². The van der Waals surface area contributed by atoms with Crippen LogP contribution in [-0.2, 0) is 25.5 Å². The number of fused-ring (bicyclic) bond motifs is 1. The summed E-state index contributed by atoms with van der Waals surface area (Å²) in [7, 11) is 1.39. The molecular formula is C27H33FN2O7. The van der Waals surface area contributed by atoms with Gasteiger partial charge in [0.05, 0.1) is 13.0 Å². The van der Waals surface area contributed by atoms with Gasteiger partial charge in [0.1, 0.15) is 18.0 Å². The molecule has 0 saturated heterocycles. The number of hydrogen-bond acceptors (Lipinski definition) is 8. The Labute approximate surface area is 215 Å². The number of nitrogens with one attached hydrogen (secondary N) is 1. The second-order valence-corrected chi connectivity index (χ2v) is 9.27. The van der Waals surface area contributed by atoms with Gasteiger partial charge in [-0.25, -0.2) is 14.2 Å². The van der Waals surface area contributed by atoms with Gasteiger partial charge in [-0.05, 0) is 49.4 Å². The fourth-order valence-electron chi connectivity index (χ4n) is 4.12. The third kappa shape index (κ3) is 6.96. The number of nitrogens with zero attached hydrogens (tertiary/aromatic N) is 1. The number of amides is 1. The lowest BCUT2D eigenvalue weighted by Crippen LogP contribution is -2.42. The molecular weight excluding hydrogens is 483 g/mol. The van der Waals surface area contributed by atoms with Crippen LogP contribution in [0.5, 0.6) is 11.5 Å². The van der Waals surface area contributed by atoms with E-state index in [0.29, 0.717) is 12.8 Å². The molecule has 1 aliphatic carbocycles. The van der Waals surface area contributed by atoms with E-state index < -0.39 is 36.8 Å². The van der Waals surface area contributed by atoms with E-state index in [0.717, 1.165) is 17.5 Å². The van der Waals surface area contributed by atoms with Crippen molar-refractivity contribution in [3.05, 3.63) is 53.1 Å². The second kappa shape index (κ2) is 12.5. The fourth-order valence-corrected chi connectivity index (χ4v) is 4.12. The Morgan fingerprint density at radius 3 is 2.62 bits per heavy atom. The predicted octanol–water partition coefficient (Wildman–Crippen LogP) is 3.93. The first-order valence-corrected chi connectivity index (χ1v) is 12.2. The smallest absolute Gasteiger partial charge is 0.328 e. The Hall–Kier alpha value is -3.69. The van der Waals surface area contributed by atoms with Gasteiger partial charge >= 0.3 is 11.9 Å². The van der Waals surface area contributed by atoms with E-state index in [1.54, 1.807) is 19.9 Å². The normalized spacial score (nSPS) is 17.7. The summed E-state index contributed by atoms with van der Waals surface area (Å²) in [6.07, 6.45) is 3.01. The van der Waals surface area contributed by atoms with Crippen LogP contribution < -0.4 is 14.8 Å². The molecule has 1 heterocycles. The Balaban J connectivity index is 1.67. The molecule has 37 heavy (non-hydrogen) atoms. The van der Waals surface area contributed by atoms with Crippen LogP contribution in [0.25, 0.3) is 0 Å². The van der Waals surface area contributed by atoms with E-state index in [-0.39, 0.29) is 34.8 Å². The minimum absolute atomic E-state index is 0.0270. The number of hydrogen-bond donors (Lipinski definition) is 1. The number of benzene rings is 1. The van der Waals surface area contributed by atoms with Crippen molar-refractivity contribution in [3.63, 3.8) is 0 Å². The number of ether oxygens (including phenoxy) is 4. The molecule has 0 fully saturated rings. The third-order valence-corrected chi connectivity index (χ3v) is 6.24. The first-order chi connectivity index (χ1) is 17.6. The molecule has 0 bridgehead atoms. The molecule has 1 amide bonds. The SMILES string of the molecule is COc1ccnc(C(=O)N[C@@H](C)C(=O)OC2CCCc3cc(F)ccc3C2C)c1OCOC(=O)C(C)C. The Bertz CT molecular complexity index is 1140. The fraction of sp³-hybridized carbons (Fsp3) is 0.481. The van der Waals surface area contributed by atoms with Crippen molar-refractivity contribution < 1.29 is 37.7 Å². The first kappa shape index (κ1) is 27.9. The summed E-state index contributed by atoms with van der Waals surface area (Å²) in [6, 6.07) is 5.18.